The van der Waals surface area contributed by atoms with Crippen molar-refractivity contribution in [1.82, 2.24) is 0 Å². The average molecular weight is 1510 g/mol. The molecule has 16 N–H and O–H groups in total. The molecule has 4 rings (SSSR count). The van der Waals surface area contributed by atoms with Gasteiger partial charge in [0.2, 0.25) is 0 Å². The molecular weight excluding hydrogens is 1410 g/mol. The molecular formula is C75H94O32. The number of hydrogen-bond donors (Lipinski definition) is 16. The summed E-state index contributed by atoms with van der Waals surface area (Å²) in [6.45, 7) is 0. The number of carboxylic acids is 16. The van der Waals surface area contributed by atoms with E-state index in [0.717, 1.165) is 22.3 Å². The van der Waals surface area contributed by atoms with Crippen molar-refractivity contribution in [2.24, 2.45) is 47.3 Å². The summed E-state index contributed by atoms with van der Waals surface area (Å²) in [7, 11) is 0. The van der Waals surface area contributed by atoms with Crippen LogP contribution < -0.4 is 0 Å². The Morgan fingerprint density at radius 3 is 0.523 bits per heavy atom. The van der Waals surface area contributed by atoms with Crippen LogP contribution in [0.2, 0.25) is 0 Å². The minimum Gasteiger partial charge on any atom is -0.481 e. The molecule has 0 fully saturated rings. The van der Waals surface area contributed by atoms with Gasteiger partial charge in [-0.15, -0.1) is 0 Å². The second-order valence-electron chi connectivity index (χ2n) is 25.7. The maximum Gasteiger partial charge on any atom is 0.307 e. The molecule has 107 heavy (non-hydrogen) atoms. The van der Waals surface area contributed by atoms with E-state index in [0.29, 0.717) is 99.3 Å². The molecule has 0 aromatic heterocycles. The van der Waals surface area contributed by atoms with Crippen LogP contribution in [0.4, 0.5) is 0 Å². The average Bonchev–Trinajstić information content (AvgIpc) is 0.872. The summed E-state index contributed by atoms with van der Waals surface area (Å²) in [5.41, 5.74) is 6.74. The second-order valence-corrected chi connectivity index (χ2v) is 25.7. The van der Waals surface area contributed by atoms with Gasteiger partial charge in [-0.1, -0.05) is 97.1 Å². The molecule has 0 aliphatic carbocycles. The van der Waals surface area contributed by atoms with Gasteiger partial charge in [0.15, 0.2) is 0 Å². The summed E-state index contributed by atoms with van der Waals surface area (Å²) < 4.78 is 0. The van der Waals surface area contributed by atoms with Gasteiger partial charge in [-0.25, -0.2) is 0 Å². The van der Waals surface area contributed by atoms with Crippen LogP contribution in [-0.2, 0) is 128 Å². The van der Waals surface area contributed by atoms with Crippen molar-refractivity contribution in [3.05, 3.63) is 142 Å². The first-order valence-electron chi connectivity index (χ1n) is 34.1. The second kappa shape index (κ2) is 50.7. The van der Waals surface area contributed by atoms with E-state index < -0.39 is 156 Å². The minimum atomic E-state index is -1.20. The zero-order valence-corrected chi connectivity index (χ0v) is 58.6. The van der Waals surface area contributed by atoms with E-state index in [1.165, 1.54) is 0 Å². The lowest BCUT2D eigenvalue weighted by Gasteiger charge is -2.13. The summed E-state index contributed by atoms with van der Waals surface area (Å²) in [5, 5.41) is 142. The highest BCUT2D eigenvalue weighted by Gasteiger charge is 2.27. The van der Waals surface area contributed by atoms with Gasteiger partial charge in [0, 0.05) is 19.3 Å². The minimum absolute atomic E-state index is 0.0305. The molecule has 32 nitrogen and oxygen atoms in total. The van der Waals surface area contributed by atoms with E-state index in [-0.39, 0.29) is 83.5 Å². The Labute approximate surface area is 614 Å². The topological polar surface area (TPSA) is 597 Å². The Hall–Kier alpha value is -11.6. The van der Waals surface area contributed by atoms with Crippen LogP contribution in [0.1, 0.15) is 167 Å². The Morgan fingerprint density at radius 2 is 0.346 bits per heavy atom. The first kappa shape index (κ1) is 93.4. The van der Waals surface area contributed by atoms with Gasteiger partial charge >= 0.3 is 95.5 Å². The molecule has 0 amide bonds. The molecule has 0 heterocycles. The third-order valence-electron chi connectivity index (χ3n) is 17.1. The van der Waals surface area contributed by atoms with E-state index in [1.807, 2.05) is 48.5 Å². The monoisotopic (exact) mass is 1510 g/mol. The van der Waals surface area contributed by atoms with Gasteiger partial charge in [0.25, 0.3) is 0 Å². The predicted octanol–water partition coefficient (Wildman–Crippen LogP) is 8.78. The summed E-state index contributed by atoms with van der Waals surface area (Å²) >= 11 is 0. The van der Waals surface area contributed by atoms with Gasteiger partial charge in [0.05, 0.1) is 79.4 Å². The molecule has 32 heteroatoms. The van der Waals surface area contributed by atoms with Crippen molar-refractivity contribution in [3.8, 4) is 0 Å². The maximum atomic E-state index is 11.2. The van der Waals surface area contributed by atoms with E-state index in [9.17, 15) is 86.9 Å². The number of benzene rings is 4. The number of rotatable bonds is 51. The fraction of sp³-hybridized carbons (Fsp3) is 0.467. The Bertz CT molecular complexity index is 3410. The van der Waals surface area contributed by atoms with Crippen LogP contribution in [-0.4, -0.2) is 177 Å². The third-order valence-corrected chi connectivity index (χ3v) is 17.1. The van der Waals surface area contributed by atoms with Crippen LogP contribution >= 0.6 is 0 Å². The van der Waals surface area contributed by atoms with Gasteiger partial charge < -0.3 is 81.7 Å². The summed E-state index contributed by atoms with van der Waals surface area (Å²) in [6, 6.07) is 28.5. The highest BCUT2D eigenvalue weighted by molar-refractivity contribution is 5.81. The fourth-order valence-electron chi connectivity index (χ4n) is 11.1. The Morgan fingerprint density at radius 1 is 0.187 bits per heavy atom. The van der Waals surface area contributed by atoms with E-state index in [2.05, 4.69) is 0 Å². The lowest BCUT2D eigenvalue weighted by atomic mass is 9.92. The first-order valence-corrected chi connectivity index (χ1v) is 34.1. The smallest absolute Gasteiger partial charge is 0.307 e. The summed E-state index contributed by atoms with van der Waals surface area (Å²) in [5.74, 6) is -24.6. The molecule has 8 unspecified atom stereocenters. The first-order chi connectivity index (χ1) is 50.2. The quantitative estimate of drug-likeness (QED) is 0.0196. The number of carbonyl (C=O) groups is 16. The van der Waals surface area contributed by atoms with Crippen molar-refractivity contribution in [3.63, 3.8) is 0 Å². The van der Waals surface area contributed by atoms with Crippen molar-refractivity contribution in [2.45, 2.75) is 173 Å². The maximum absolute atomic E-state index is 11.2. The normalized spacial score (nSPS) is 12.9. The molecule has 0 radical (unpaired) electrons. The van der Waals surface area contributed by atoms with E-state index >= 15 is 0 Å². The van der Waals surface area contributed by atoms with Crippen molar-refractivity contribution in [1.29, 1.82) is 0 Å². The largest absolute Gasteiger partial charge is 0.481 e. The number of carboxylic acid groups (broad SMARTS) is 16. The third kappa shape index (κ3) is 44.0. The number of hydrogen-bond acceptors (Lipinski definition) is 16. The summed E-state index contributed by atoms with van der Waals surface area (Å²) in [4.78, 5) is 174. The molecule has 0 spiro atoms. The molecule has 586 valence electrons. The van der Waals surface area contributed by atoms with Crippen molar-refractivity contribution >= 4 is 95.5 Å². The molecule has 0 bridgehead atoms. The molecule has 0 aliphatic heterocycles. The molecule has 0 aliphatic rings. The Balaban J connectivity index is 0.000000715. The number of aryl methyl sites for hydroxylation is 4. The van der Waals surface area contributed by atoms with E-state index in [4.69, 9.17) is 71.5 Å². The summed E-state index contributed by atoms with van der Waals surface area (Å²) in [6.07, 6.45) is 4.22. The molecule has 8 atom stereocenters. The molecule has 0 saturated heterocycles. The molecule has 4 aromatic rings. The zero-order chi connectivity index (χ0) is 80.9. The standard InChI is InChI=1S/C21H28O8.C20H26O8.C18H22O8.C16H18O8/c22-18(23)12-11-16(20(26)27)5-1-3-14-7-9-15(10-8-14)4-2-6-17(21(28)29)13-19(24)25;21-17(22)11-15(19(25)26)5-1-3-13-7-9-14(10-8-13)4-2-6-16(20(27)28)12-18(23)24;19-15(20)7-5-13(17(23)24)9-11-1-2-12(4-3-11)10-14(18(25)26)6-8-16(21)22;17-13(18)7-11(15(21)22)5-9-1-2-10(4-3-9)6-12(16(23)24)8-14(19)20/h7-10,16-17H,1-6,11-13H2,(H,22,23)(H,24,25)(H,26,27)(H,28,29);7-10,15-16H,1-6,11-12H2,(H,21,22)(H,23,24)(H,25,26)(H,27,28);1-4,13-14H,5-10H2,(H,19,20)(H,21,22)(H,23,24)(H,25,26);1-4,11-12H,5-8H2,(H,17,18)(H,19,20)(H,21,22)(H,23,24). The van der Waals surface area contributed by atoms with Crippen LogP contribution in [0.3, 0.4) is 0 Å². The van der Waals surface area contributed by atoms with Crippen LogP contribution in [0.25, 0.3) is 0 Å². The van der Waals surface area contributed by atoms with Crippen LogP contribution in [0, 0.1) is 47.3 Å². The van der Waals surface area contributed by atoms with Crippen molar-refractivity contribution in [2.75, 3.05) is 0 Å². The van der Waals surface area contributed by atoms with Gasteiger partial charge in [-0.3, -0.25) is 76.7 Å². The van der Waals surface area contributed by atoms with Crippen molar-refractivity contribution < 1.29 is 158 Å². The van der Waals surface area contributed by atoms with E-state index in [1.54, 1.807) is 48.5 Å². The van der Waals surface area contributed by atoms with Crippen LogP contribution in [0.5, 0.6) is 0 Å². The highest BCUT2D eigenvalue weighted by atomic mass is 16.4. The fourth-order valence-corrected chi connectivity index (χ4v) is 11.1. The predicted molar refractivity (Wildman–Crippen MR) is 373 cm³/mol. The Kier molecular flexibility index (Phi) is 44.3. The molecule has 0 saturated carbocycles. The lowest BCUT2D eigenvalue weighted by Crippen LogP contribution is -2.21. The number of aliphatic carboxylic acids is 16. The van der Waals surface area contributed by atoms with Crippen LogP contribution in [0.15, 0.2) is 97.1 Å². The van der Waals surface area contributed by atoms with Gasteiger partial charge in [0.1, 0.15) is 0 Å². The van der Waals surface area contributed by atoms with Gasteiger partial charge in [-0.05, 0) is 167 Å². The SMILES string of the molecule is O=C(O)CC(CCCc1ccc(CCCC(CC(=O)O)C(=O)O)cc1)C(=O)O.O=C(O)CC(Cc1ccc(CC(CC(=O)O)C(=O)O)cc1)C(=O)O.O=C(O)CCC(CCCc1ccc(CCCC(CC(=O)O)C(=O)O)cc1)C(=O)O.O=C(O)CCC(Cc1ccc(CC(CCC(=O)O)C(=O)O)cc1)C(=O)O. The highest BCUT2D eigenvalue weighted by Crippen LogP contribution is 2.24. The van der Waals surface area contributed by atoms with Gasteiger partial charge in [-0.2, -0.15) is 0 Å². The zero-order valence-electron chi connectivity index (χ0n) is 58.6. The lowest BCUT2D eigenvalue weighted by molar-refractivity contribution is -0.148. The molecule has 4 aromatic carbocycles.